The van der Waals surface area contributed by atoms with Crippen LogP contribution in [0.25, 0.3) is 0 Å². The van der Waals surface area contributed by atoms with Crippen molar-refractivity contribution < 1.29 is 26.7 Å². The molecule has 0 radical (unpaired) electrons. The monoisotopic (exact) mass is 971 g/mol. The third kappa shape index (κ3) is 17.6. The number of benzene rings is 8. The van der Waals surface area contributed by atoms with Crippen molar-refractivity contribution in [1.29, 1.82) is 0 Å². The highest BCUT2D eigenvalue weighted by molar-refractivity contribution is 7.92. The van der Waals surface area contributed by atoms with Crippen LogP contribution in [0.5, 0.6) is 0 Å². The van der Waals surface area contributed by atoms with E-state index in [1.807, 2.05) is 117 Å². The predicted octanol–water partition coefficient (Wildman–Crippen LogP) is 12.2. The second-order valence-electron chi connectivity index (χ2n) is 17.2. The topological polar surface area (TPSA) is 156 Å². The number of nitrogens with two attached hydrogens (primary N) is 1. The van der Waals surface area contributed by atoms with Crippen molar-refractivity contribution >= 4 is 43.1 Å². The van der Waals surface area contributed by atoms with Crippen LogP contribution in [0.1, 0.15) is 66.0 Å². The normalized spacial score (nSPS) is 11.0. The zero-order valence-electron chi connectivity index (χ0n) is 39.7. The van der Waals surface area contributed by atoms with E-state index in [1.165, 1.54) is 22.8 Å². The molecule has 70 heavy (non-hydrogen) atoms. The fourth-order valence-electron chi connectivity index (χ4n) is 7.59. The molecule has 5 N–H and O–H groups in total. The summed E-state index contributed by atoms with van der Waals surface area (Å²) in [6.45, 7) is 3.96. The molecule has 8 aromatic carbocycles. The van der Waals surface area contributed by atoms with Crippen molar-refractivity contribution in [2.45, 2.75) is 63.9 Å². The summed E-state index contributed by atoms with van der Waals surface area (Å²) in [6.07, 6.45) is 5.39. The molecule has 0 saturated heterocycles. The molecule has 0 heterocycles. The van der Waals surface area contributed by atoms with Crippen LogP contribution in [0.15, 0.2) is 206 Å². The van der Waals surface area contributed by atoms with E-state index in [0.29, 0.717) is 17.7 Å². The minimum absolute atomic E-state index is 0.0263. The first-order valence-corrected chi connectivity index (χ1v) is 26.5. The maximum atomic E-state index is 12.5. The first-order valence-electron chi connectivity index (χ1n) is 23.2. The fourth-order valence-corrected chi connectivity index (χ4v) is 10.1. The van der Waals surface area contributed by atoms with Gasteiger partial charge in [0.2, 0.25) is 20.0 Å². The highest BCUT2D eigenvalue weighted by Gasteiger charge is 2.18. The molecule has 11 heteroatoms. The van der Waals surface area contributed by atoms with Gasteiger partial charge in [0, 0.05) is 5.69 Å². The van der Waals surface area contributed by atoms with Crippen molar-refractivity contribution in [2.24, 2.45) is 0 Å². The van der Waals surface area contributed by atoms with Crippen molar-refractivity contribution in [3.8, 4) is 0 Å². The molecule has 0 atom stereocenters. The van der Waals surface area contributed by atoms with Crippen LogP contribution < -0.4 is 15.2 Å². The summed E-state index contributed by atoms with van der Waals surface area (Å²) in [4.78, 5) is 11.5. The summed E-state index contributed by atoms with van der Waals surface area (Å²) < 4.78 is 55.3. The summed E-state index contributed by atoms with van der Waals surface area (Å²) in [5, 5.41) is 9.42. The number of rotatable bonds is 18. The van der Waals surface area contributed by atoms with E-state index in [0.717, 1.165) is 71.2 Å². The van der Waals surface area contributed by atoms with Crippen LogP contribution in [0.3, 0.4) is 0 Å². The maximum Gasteiger partial charge on any atom is 0.337 e. The Hall–Kier alpha value is -7.47. The van der Waals surface area contributed by atoms with Gasteiger partial charge in [0.1, 0.15) is 0 Å². The number of nitrogens with one attached hydrogen (secondary N) is 2. The second-order valence-corrected chi connectivity index (χ2v) is 20.6. The first kappa shape index (κ1) is 51.9. The Kier molecular flexibility index (Phi) is 19.1. The number of aromatic carboxylic acids is 1. The maximum absolute atomic E-state index is 12.5. The van der Waals surface area contributed by atoms with Gasteiger partial charge < -0.3 is 10.8 Å². The molecule has 0 unspecified atom stereocenters. The van der Waals surface area contributed by atoms with Gasteiger partial charge >= 0.3 is 5.97 Å². The molecule has 0 spiro atoms. The Morgan fingerprint density at radius 1 is 0.400 bits per heavy atom. The molecule has 0 aliphatic heterocycles. The molecule has 9 nitrogen and oxygen atoms in total. The Morgan fingerprint density at radius 2 is 0.714 bits per heavy atom. The number of hydrogen-bond donors (Lipinski definition) is 4. The van der Waals surface area contributed by atoms with E-state index in [4.69, 9.17) is 5.73 Å². The predicted molar refractivity (Wildman–Crippen MR) is 287 cm³/mol. The van der Waals surface area contributed by atoms with Crippen LogP contribution in [0.4, 0.5) is 17.1 Å². The SMILES string of the molecule is Cc1ccc(CCc2ccccc2)cc1N.Cc1ccc(CCc2ccccc2)cc1NS(=O)(=O)Cc1ccccc1.O=C(O)c1ccc(CCc2ccccc2)cc1NS(=O)(=O)Cc1ccccc1. The van der Waals surface area contributed by atoms with E-state index in [2.05, 4.69) is 70.1 Å². The van der Waals surface area contributed by atoms with Crippen LogP contribution in [-0.4, -0.2) is 27.9 Å². The molecule has 0 aliphatic carbocycles. The summed E-state index contributed by atoms with van der Waals surface area (Å²) >= 11 is 0. The lowest BCUT2D eigenvalue weighted by Gasteiger charge is -2.13. The van der Waals surface area contributed by atoms with E-state index in [1.54, 1.807) is 36.4 Å². The number of carboxylic acids is 1. The average molecular weight is 972 g/mol. The van der Waals surface area contributed by atoms with Gasteiger partial charge in [0.15, 0.2) is 0 Å². The Labute approximate surface area is 414 Å². The molecule has 8 aromatic rings. The van der Waals surface area contributed by atoms with Gasteiger partial charge in [-0.15, -0.1) is 0 Å². The van der Waals surface area contributed by atoms with Gasteiger partial charge in [-0.05, 0) is 132 Å². The Bertz CT molecular complexity index is 3120. The van der Waals surface area contributed by atoms with Gasteiger partial charge in [-0.2, -0.15) is 0 Å². The minimum atomic E-state index is -3.74. The lowest BCUT2D eigenvalue weighted by atomic mass is 10.0. The quantitative estimate of drug-likeness (QED) is 0.0624. The molecular formula is C59H61N3O6S2. The van der Waals surface area contributed by atoms with Gasteiger partial charge in [-0.1, -0.05) is 182 Å². The largest absolute Gasteiger partial charge is 0.478 e. The number of carboxylic acid groups (broad SMARTS) is 1. The smallest absolute Gasteiger partial charge is 0.337 e. The highest BCUT2D eigenvalue weighted by atomic mass is 32.2. The van der Waals surface area contributed by atoms with Gasteiger partial charge in [0.05, 0.1) is 28.4 Å². The van der Waals surface area contributed by atoms with Crippen LogP contribution in [-0.2, 0) is 70.1 Å². The zero-order chi connectivity index (χ0) is 49.8. The Morgan fingerprint density at radius 3 is 1.10 bits per heavy atom. The molecule has 0 amide bonds. The van der Waals surface area contributed by atoms with E-state index >= 15 is 0 Å². The molecule has 0 saturated carbocycles. The van der Waals surface area contributed by atoms with Gasteiger partial charge in [0.25, 0.3) is 0 Å². The molecule has 0 aromatic heterocycles. The van der Waals surface area contributed by atoms with E-state index in [-0.39, 0.29) is 22.8 Å². The van der Waals surface area contributed by atoms with Crippen molar-refractivity contribution in [3.05, 3.63) is 267 Å². The average Bonchev–Trinajstić information content (AvgIpc) is 3.35. The van der Waals surface area contributed by atoms with Gasteiger partial charge in [-0.3, -0.25) is 9.44 Å². The number of hydrogen-bond acceptors (Lipinski definition) is 6. The number of nitrogen functional groups attached to an aromatic ring is 1. The molecular weight excluding hydrogens is 911 g/mol. The number of carbonyl (C=O) groups is 1. The second kappa shape index (κ2) is 25.8. The standard InChI is InChI=1S/C22H21NO4S.C22H23NO2S.C15H17N/c24-22(25)20-14-13-18(12-11-17-7-3-1-4-8-17)15-21(20)23-28(26,27)16-19-9-5-2-6-10-19;1-18-12-13-20(15-14-19-8-4-2-5-9-19)16-22(18)23-26(24,25)17-21-10-6-3-7-11-21;1-12-7-8-14(11-15(12)16)10-9-13-5-3-2-4-6-13/h1-10,13-15,23H,11-12,16H2,(H,24,25);2-13,16,23H,14-15,17H2,1H3;2-8,11H,9-10,16H2,1H3. The lowest BCUT2D eigenvalue weighted by molar-refractivity contribution is 0.0698. The molecule has 360 valence electrons. The summed E-state index contributed by atoms with van der Waals surface area (Å²) in [5.41, 5.74) is 18.1. The third-order valence-electron chi connectivity index (χ3n) is 11.5. The molecule has 0 bridgehead atoms. The number of sulfonamides is 2. The zero-order valence-corrected chi connectivity index (χ0v) is 41.3. The summed E-state index contributed by atoms with van der Waals surface area (Å²) in [5.74, 6) is -1.42. The fraction of sp³-hybridized carbons (Fsp3) is 0.169. The Balaban J connectivity index is 0.000000178. The molecule has 0 aliphatic rings. The van der Waals surface area contributed by atoms with Crippen molar-refractivity contribution in [2.75, 3.05) is 15.2 Å². The molecule has 8 rings (SSSR count). The minimum Gasteiger partial charge on any atom is -0.478 e. The molecule has 0 fully saturated rings. The first-order chi connectivity index (χ1) is 33.7. The summed E-state index contributed by atoms with van der Waals surface area (Å²) in [7, 11) is -7.18. The summed E-state index contributed by atoms with van der Waals surface area (Å²) in [6, 6.07) is 65.8. The van der Waals surface area contributed by atoms with Crippen molar-refractivity contribution in [3.63, 3.8) is 0 Å². The van der Waals surface area contributed by atoms with Crippen LogP contribution in [0.2, 0.25) is 0 Å². The van der Waals surface area contributed by atoms with Crippen LogP contribution >= 0.6 is 0 Å². The lowest BCUT2D eigenvalue weighted by Crippen LogP contribution is -2.17. The number of aryl methyl sites for hydroxylation is 8. The third-order valence-corrected chi connectivity index (χ3v) is 14.0. The van der Waals surface area contributed by atoms with E-state index < -0.39 is 26.0 Å². The van der Waals surface area contributed by atoms with E-state index in [9.17, 15) is 26.7 Å². The number of anilines is 3. The van der Waals surface area contributed by atoms with Gasteiger partial charge in [-0.25, -0.2) is 21.6 Å². The van der Waals surface area contributed by atoms with Crippen molar-refractivity contribution in [1.82, 2.24) is 0 Å². The van der Waals surface area contributed by atoms with Crippen LogP contribution in [0, 0.1) is 13.8 Å². The highest BCUT2D eigenvalue weighted by Crippen LogP contribution is 2.24.